The van der Waals surface area contributed by atoms with Crippen molar-refractivity contribution in [3.63, 3.8) is 0 Å². The Labute approximate surface area is 170 Å². The van der Waals surface area contributed by atoms with Crippen molar-refractivity contribution < 1.29 is 14.6 Å². The van der Waals surface area contributed by atoms with E-state index in [2.05, 4.69) is 14.9 Å². The number of aromatic nitrogens is 2. The molecule has 0 bridgehead atoms. The molecule has 1 N–H and O–H groups in total. The van der Waals surface area contributed by atoms with Crippen molar-refractivity contribution in [1.82, 2.24) is 9.97 Å². The normalized spacial score (nSPS) is 14.8. The molecule has 2 heterocycles. The average molecular weight is 404 g/mol. The van der Waals surface area contributed by atoms with Crippen molar-refractivity contribution in [3.05, 3.63) is 47.2 Å². The fourth-order valence-electron chi connectivity index (χ4n) is 3.46. The molecule has 0 amide bonds. The molecule has 1 aromatic heterocycles. The van der Waals surface area contributed by atoms with Crippen LogP contribution in [0.25, 0.3) is 0 Å². The highest BCUT2D eigenvalue weighted by Crippen LogP contribution is 2.24. The van der Waals surface area contributed by atoms with E-state index >= 15 is 0 Å². The fourth-order valence-corrected chi connectivity index (χ4v) is 3.55. The van der Waals surface area contributed by atoms with Crippen LogP contribution in [0.1, 0.15) is 37.7 Å². The fraction of sp³-hybridized carbons (Fsp3) is 0.476. The molecule has 0 spiro atoms. The number of aryl methyl sites for hydroxylation is 1. The monoisotopic (exact) mass is 403 g/mol. The van der Waals surface area contributed by atoms with Gasteiger partial charge in [0, 0.05) is 19.5 Å². The van der Waals surface area contributed by atoms with Crippen LogP contribution >= 0.6 is 11.6 Å². The summed E-state index contributed by atoms with van der Waals surface area (Å²) in [6, 6.07) is 7.71. The van der Waals surface area contributed by atoms with E-state index in [0.717, 1.165) is 56.0 Å². The summed E-state index contributed by atoms with van der Waals surface area (Å²) in [4.78, 5) is 21.4. The standard InChI is InChI=1S/C21H26ClN3O3/c22-18-14-23-21(24-15-18)25-11-9-16(10-12-25)2-1-13-28-19-6-3-17(4-7-19)5-8-20(26)27/h3-4,6-7,14-16H,1-2,5,8-13H2,(H,26,27). The first-order valence-corrected chi connectivity index (χ1v) is 10.1. The SMILES string of the molecule is O=C(O)CCc1ccc(OCCCC2CCN(c3ncc(Cl)cn3)CC2)cc1. The van der Waals surface area contributed by atoms with Gasteiger partial charge in [-0.3, -0.25) is 4.79 Å². The number of piperidine rings is 1. The van der Waals surface area contributed by atoms with Gasteiger partial charge in [-0.05, 0) is 55.7 Å². The lowest BCUT2D eigenvalue weighted by Gasteiger charge is -2.31. The minimum Gasteiger partial charge on any atom is -0.494 e. The molecule has 3 rings (SSSR count). The van der Waals surface area contributed by atoms with Gasteiger partial charge in [0.1, 0.15) is 5.75 Å². The molecule has 0 atom stereocenters. The van der Waals surface area contributed by atoms with Gasteiger partial charge in [0.2, 0.25) is 5.95 Å². The van der Waals surface area contributed by atoms with Gasteiger partial charge in [-0.15, -0.1) is 0 Å². The van der Waals surface area contributed by atoms with Crippen molar-refractivity contribution >= 4 is 23.5 Å². The third-order valence-electron chi connectivity index (χ3n) is 5.08. The van der Waals surface area contributed by atoms with Crippen LogP contribution in [0.4, 0.5) is 5.95 Å². The molecule has 1 saturated heterocycles. The lowest BCUT2D eigenvalue weighted by Crippen LogP contribution is -2.34. The summed E-state index contributed by atoms with van der Waals surface area (Å²) >= 11 is 5.85. The first-order valence-electron chi connectivity index (χ1n) is 9.76. The maximum Gasteiger partial charge on any atom is 0.303 e. The third kappa shape index (κ3) is 6.37. The second-order valence-electron chi connectivity index (χ2n) is 7.16. The number of anilines is 1. The molecule has 28 heavy (non-hydrogen) atoms. The van der Waals surface area contributed by atoms with E-state index in [9.17, 15) is 4.79 Å². The zero-order valence-electron chi connectivity index (χ0n) is 15.9. The number of ether oxygens (including phenoxy) is 1. The number of rotatable bonds is 9. The lowest BCUT2D eigenvalue weighted by molar-refractivity contribution is -0.136. The number of aliphatic carboxylic acids is 1. The van der Waals surface area contributed by atoms with E-state index in [0.29, 0.717) is 24.0 Å². The lowest BCUT2D eigenvalue weighted by atomic mass is 9.92. The zero-order chi connectivity index (χ0) is 19.8. The second-order valence-corrected chi connectivity index (χ2v) is 7.60. The Bertz CT molecular complexity index is 744. The van der Waals surface area contributed by atoms with Crippen molar-refractivity contribution in [3.8, 4) is 5.75 Å². The molecule has 0 aliphatic carbocycles. The van der Waals surface area contributed by atoms with Gasteiger partial charge in [0.05, 0.1) is 24.0 Å². The second kappa shape index (κ2) is 10.3. The highest BCUT2D eigenvalue weighted by atomic mass is 35.5. The van der Waals surface area contributed by atoms with Gasteiger partial charge in [0.25, 0.3) is 0 Å². The summed E-state index contributed by atoms with van der Waals surface area (Å²) < 4.78 is 5.82. The van der Waals surface area contributed by atoms with Gasteiger partial charge < -0.3 is 14.7 Å². The van der Waals surface area contributed by atoms with Gasteiger partial charge in [0.15, 0.2) is 0 Å². The number of nitrogens with zero attached hydrogens (tertiary/aromatic N) is 3. The van der Waals surface area contributed by atoms with E-state index in [4.69, 9.17) is 21.4 Å². The Morgan fingerprint density at radius 2 is 1.86 bits per heavy atom. The predicted molar refractivity (Wildman–Crippen MR) is 109 cm³/mol. The van der Waals surface area contributed by atoms with E-state index in [-0.39, 0.29) is 6.42 Å². The molecular weight excluding hydrogens is 378 g/mol. The van der Waals surface area contributed by atoms with Crippen LogP contribution in [0.3, 0.4) is 0 Å². The molecule has 0 saturated carbocycles. The number of carboxylic acids is 1. The number of benzene rings is 1. The van der Waals surface area contributed by atoms with Gasteiger partial charge in [-0.1, -0.05) is 23.7 Å². The maximum atomic E-state index is 10.6. The third-order valence-corrected chi connectivity index (χ3v) is 5.28. The molecule has 2 aromatic rings. The van der Waals surface area contributed by atoms with Gasteiger partial charge in [-0.25, -0.2) is 9.97 Å². The summed E-state index contributed by atoms with van der Waals surface area (Å²) in [6.07, 6.45) is 8.47. The molecule has 1 aromatic carbocycles. The Kier molecular flexibility index (Phi) is 7.48. The highest BCUT2D eigenvalue weighted by molar-refractivity contribution is 6.30. The highest BCUT2D eigenvalue weighted by Gasteiger charge is 2.20. The molecule has 1 aliphatic heterocycles. The van der Waals surface area contributed by atoms with Gasteiger partial charge >= 0.3 is 5.97 Å². The topological polar surface area (TPSA) is 75.6 Å². The van der Waals surface area contributed by atoms with Crippen LogP contribution in [0.2, 0.25) is 5.02 Å². The largest absolute Gasteiger partial charge is 0.494 e. The first-order chi connectivity index (χ1) is 13.6. The van der Waals surface area contributed by atoms with E-state index in [1.165, 1.54) is 0 Å². The smallest absolute Gasteiger partial charge is 0.303 e. The molecule has 0 unspecified atom stereocenters. The number of hydrogen-bond acceptors (Lipinski definition) is 5. The minimum atomic E-state index is -0.771. The summed E-state index contributed by atoms with van der Waals surface area (Å²) in [5.74, 6) is 1.55. The van der Waals surface area contributed by atoms with Crippen molar-refractivity contribution in [2.45, 2.75) is 38.5 Å². The van der Waals surface area contributed by atoms with Crippen molar-refractivity contribution in [2.75, 3.05) is 24.6 Å². The summed E-state index contributed by atoms with van der Waals surface area (Å²) in [5.41, 5.74) is 1.02. The molecular formula is C21H26ClN3O3. The zero-order valence-corrected chi connectivity index (χ0v) is 16.6. The van der Waals surface area contributed by atoms with Gasteiger partial charge in [-0.2, -0.15) is 0 Å². The number of hydrogen-bond donors (Lipinski definition) is 1. The maximum absolute atomic E-state index is 10.6. The summed E-state index contributed by atoms with van der Waals surface area (Å²) in [5, 5.41) is 9.29. The Hall–Kier alpha value is -2.34. The average Bonchev–Trinajstić information content (AvgIpc) is 2.71. The van der Waals surface area contributed by atoms with Crippen LogP contribution in [0, 0.1) is 5.92 Å². The van der Waals surface area contributed by atoms with Crippen molar-refractivity contribution in [2.24, 2.45) is 5.92 Å². The molecule has 1 aliphatic rings. The predicted octanol–water partition coefficient (Wildman–Crippen LogP) is 4.22. The number of halogens is 1. The minimum absolute atomic E-state index is 0.156. The van der Waals surface area contributed by atoms with Crippen LogP contribution in [0.5, 0.6) is 5.75 Å². The van der Waals surface area contributed by atoms with Crippen LogP contribution in [-0.2, 0) is 11.2 Å². The van der Waals surface area contributed by atoms with Crippen LogP contribution in [0.15, 0.2) is 36.7 Å². The summed E-state index contributed by atoms with van der Waals surface area (Å²) in [7, 11) is 0. The number of carbonyl (C=O) groups is 1. The van der Waals surface area contributed by atoms with Crippen molar-refractivity contribution in [1.29, 1.82) is 0 Å². The Balaban J connectivity index is 1.32. The Morgan fingerprint density at radius 3 is 2.50 bits per heavy atom. The number of carboxylic acid groups (broad SMARTS) is 1. The molecule has 1 fully saturated rings. The van der Waals surface area contributed by atoms with Crippen LogP contribution < -0.4 is 9.64 Å². The Morgan fingerprint density at radius 1 is 1.18 bits per heavy atom. The quantitative estimate of drug-likeness (QED) is 0.631. The van der Waals surface area contributed by atoms with E-state index in [1.807, 2.05) is 24.3 Å². The van der Waals surface area contributed by atoms with E-state index in [1.54, 1.807) is 12.4 Å². The van der Waals surface area contributed by atoms with Crippen LogP contribution in [-0.4, -0.2) is 40.7 Å². The molecule has 0 radical (unpaired) electrons. The summed E-state index contributed by atoms with van der Waals surface area (Å²) in [6.45, 7) is 2.66. The van der Waals surface area contributed by atoms with E-state index < -0.39 is 5.97 Å². The molecule has 150 valence electrons. The first kappa shape index (κ1) is 20.4. The molecule has 7 heteroatoms. The molecule has 6 nitrogen and oxygen atoms in total.